The zero-order valence-electron chi connectivity index (χ0n) is 15.2. The third-order valence-electron chi connectivity index (χ3n) is 5.63. The summed E-state index contributed by atoms with van der Waals surface area (Å²) >= 11 is 0. The average Bonchev–Trinajstić information content (AvgIpc) is 3.31. The largest absolute Gasteiger partial charge is 0.481 e. The molecule has 0 saturated heterocycles. The monoisotopic (exact) mass is 371 g/mol. The lowest BCUT2D eigenvalue weighted by Crippen LogP contribution is -2.40. The van der Waals surface area contributed by atoms with Crippen LogP contribution in [-0.4, -0.2) is 32.8 Å². The molecule has 2 aliphatic carbocycles. The normalized spacial score (nSPS) is 21.3. The highest BCUT2D eigenvalue weighted by Gasteiger charge is 2.36. The molecule has 4 rings (SSSR count). The fourth-order valence-electron chi connectivity index (χ4n) is 4.27. The number of aryl methyl sites for hydroxylation is 1. The van der Waals surface area contributed by atoms with Crippen LogP contribution in [0.15, 0.2) is 18.2 Å². The summed E-state index contributed by atoms with van der Waals surface area (Å²) in [5.41, 5.74) is 3.15. The molecule has 142 valence electrons. The molecule has 7 heteroatoms. The van der Waals surface area contributed by atoms with Gasteiger partial charge >= 0.3 is 5.97 Å². The number of nitrogens with zero attached hydrogens (tertiary/aromatic N) is 2. The zero-order chi connectivity index (χ0) is 19.1. The molecule has 1 fully saturated rings. The highest BCUT2D eigenvalue weighted by molar-refractivity contribution is 5.95. The van der Waals surface area contributed by atoms with Crippen LogP contribution in [0.4, 0.5) is 4.39 Å². The molecule has 1 aromatic heterocycles. The Morgan fingerprint density at radius 1 is 1.26 bits per heavy atom. The molecule has 1 heterocycles. The number of aromatic nitrogens is 2. The number of amides is 1. The fraction of sp³-hybridized carbons (Fsp3) is 0.450. The number of rotatable bonds is 4. The van der Waals surface area contributed by atoms with Crippen molar-refractivity contribution in [1.82, 2.24) is 15.1 Å². The second-order valence-corrected chi connectivity index (χ2v) is 7.45. The van der Waals surface area contributed by atoms with E-state index in [9.17, 15) is 19.1 Å². The van der Waals surface area contributed by atoms with Crippen molar-refractivity contribution in [2.45, 2.75) is 51.5 Å². The first-order valence-electron chi connectivity index (χ1n) is 9.36. The number of benzene rings is 1. The molecule has 0 aliphatic heterocycles. The molecule has 1 aromatic carbocycles. The van der Waals surface area contributed by atoms with E-state index in [2.05, 4.69) is 10.4 Å². The van der Waals surface area contributed by atoms with Crippen LogP contribution in [0.3, 0.4) is 0 Å². The Balaban J connectivity index is 1.66. The van der Waals surface area contributed by atoms with Crippen LogP contribution in [-0.2, 0) is 17.6 Å². The second kappa shape index (κ2) is 6.79. The van der Waals surface area contributed by atoms with E-state index in [0.29, 0.717) is 24.2 Å². The molecule has 2 aromatic rings. The van der Waals surface area contributed by atoms with E-state index >= 15 is 0 Å². The van der Waals surface area contributed by atoms with Crippen molar-refractivity contribution in [2.75, 3.05) is 0 Å². The van der Waals surface area contributed by atoms with Gasteiger partial charge in [-0.05, 0) is 56.7 Å². The van der Waals surface area contributed by atoms with Gasteiger partial charge in [-0.25, -0.2) is 9.07 Å². The lowest BCUT2D eigenvalue weighted by molar-refractivity contribution is -0.142. The Morgan fingerprint density at radius 2 is 2.07 bits per heavy atom. The number of aliphatic carboxylic acids is 1. The summed E-state index contributed by atoms with van der Waals surface area (Å²) in [5, 5.41) is 16.6. The lowest BCUT2D eigenvalue weighted by atomic mass is 10.0. The van der Waals surface area contributed by atoms with Gasteiger partial charge in [0.25, 0.3) is 5.91 Å². The predicted molar refractivity (Wildman–Crippen MR) is 96.5 cm³/mol. The Morgan fingerprint density at radius 3 is 2.81 bits per heavy atom. The van der Waals surface area contributed by atoms with Gasteiger partial charge in [-0.1, -0.05) is 12.5 Å². The van der Waals surface area contributed by atoms with Crippen LogP contribution in [0, 0.1) is 18.7 Å². The molecule has 2 N–H and O–H groups in total. The number of carboxylic acids is 1. The van der Waals surface area contributed by atoms with E-state index in [1.807, 2.05) is 13.0 Å². The summed E-state index contributed by atoms with van der Waals surface area (Å²) in [4.78, 5) is 24.2. The topological polar surface area (TPSA) is 84.2 Å². The van der Waals surface area contributed by atoms with Crippen LogP contribution in [0.25, 0.3) is 5.69 Å². The maximum Gasteiger partial charge on any atom is 0.308 e. The molecule has 2 atom stereocenters. The van der Waals surface area contributed by atoms with Gasteiger partial charge in [0.05, 0.1) is 5.92 Å². The van der Waals surface area contributed by atoms with Gasteiger partial charge in [-0.2, -0.15) is 5.10 Å². The average molecular weight is 371 g/mol. The molecule has 0 unspecified atom stereocenters. The van der Waals surface area contributed by atoms with Crippen LogP contribution in [0.5, 0.6) is 0 Å². The van der Waals surface area contributed by atoms with E-state index in [4.69, 9.17) is 0 Å². The second-order valence-electron chi connectivity index (χ2n) is 7.45. The SMILES string of the molecule is Cc1ccc(-n2nc(C(=O)N[C@@H]3CCC[C@@H]3C(=O)O)c3c2CCC3)c(F)c1. The number of carbonyl (C=O) groups is 2. The van der Waals surface area contributed by atoms with Crippen molar-refractivity contribution in [1.29, 1.82) is 0 Å². The molecule has 0 spiro atoms. The molecule has 1 amide bonds. The minimum atomic E-state index is -0.879. The Hall–Kier alpha value is -2.70. The van der Waals surface area contributed by atoms with E-state index in [1.165, 1.54) is 10.7 Å². The van der Waals surface area contributed by atoms with Crippen molar-refractivity contribution in [3.63, 3.8) is 0 Å². The minimum absolute atomic E-state index is 0.290. The van der Waals surface area contributed by atoms with Gasteiger partial charge in [-0.3, -0.25) is 9.59 Å². The summed E-state index contributed by atoms with van der Waals surface area (Å²) in [6.07, 6.45) is 4.35. The van der Waals surface area contributed by atoms with Crippen LogP contribution < -0.4 is 5.32 Å². The number of nitrogens with one attached hydrogen (secondary N) is 1. The van der Waals surface area contributed by atoms with Crippen LogP contribution >= 0.6 is 0 Å². The van der Waals surface area contributed by atoms with Crippen molar-refractivity contribution >= 4 is 11.9 Å². The lowest BCUT2D eigenvalue weighted by Gasteiger charge is -2.17. The first kappa shape index (κ1) is 17.7. The quantitative estimate of drug-likeness (QED) is 0.866. The summed E-state index contributed by atoms with van der Waals surface area (Å²) in [6, 6.07) is 4.56. The van der Waals surface area contributed by atoms with E-state index in [-0.39, 0.29) is 17.8 Å². The van der Waals surface area contributed by atoms with Gasteiger partial charge in [0.2, 0.25) is 0 Å². The predicted octanol–water partition coefficient (Wildman–Crippen LogP) is 2.79. The third-order valence-corrected chi connectivity index (χ3v) is 5.63. The standard InChI is InChI=1S/C20H22FN3O3/c1-11-8-9-17(14(21)10-11)24-16-7-3-5-13(16)18(23-24)19(25)22-15-6-2-4-12(15)20(26)27/h8-10,12,15H,2-7H2,1H3,(H,22,25)(H,26,27)/t12-,15+/m0/s1. The molecule has 2 aliphatic rings. The fourth-order valence-corrected chi connectivity index (χ4v) is 4.27. The van der Waals surface area contributed by atoms with Crippen LogP contribution in [0.2, 0.25) is 0 Å². The first-order valence-corrected chi connectivity index (χ1v) is 9.36. The number of halogens is 1. The summed E-state index contributed by atoms with van der Waals surface area (Å²) < 4.78 is 16.0. The van der Waals surface area contributed by atoms with Crippen molar-refractivity contribution < 1.29 is 19.1 Å². The van der Waals surface area contributed by atoms with Crippen molar-refractivity contribution in [2.24, 2.45) is 5.92 Å². The third kappa shape index (κ3) is 3.11. The Bertz CT molecular complexity index is 921. The molecule has 27 heavy (non-hydrogen) atoms. The van der Waals surface area contributed by atoms with Crippen molar-refractivity contribution in [3.8, 4) is 5.69 Å². The Labute approximate surface area is 156 Å². The highest BCUT2D eigenvalue weighted by Crippen LogP contribution is 2.30. The van der Waals surface area contributed by atoms with Gasteiger partial charge < -0.3 is 10.4 Å². The molecule has 1 saturated carbocycles. The van der Waals surface area contributed by atoms with Gasteiger partial charge in [0, 0.05) is 17.3 Å². The summed E-state index contributed by atoms with van der Waals surface area (Å²) in [7, 11) is 0. The van der Waals surface area contributed by atoms with Gasteiger partial charge in [0.15, 0.2) is 5.69 Å². The van der Waals surface area contributed by atoms with Gasteiger partial charge in [-0.15, -0.1) is 0 Å². The van der Waals surface area contributed by atoms with Gasteiger partial charge in [0.1, 0.15) is 11.5 Å². The first-order chi connectivity index (χ1) is 13.0. The number of fused-ring (bicyclic) bond motifs is 1. The molecule has 0 bridgehead atoms. The minimum Gasteiger partial charge on any atom is -0.481 e. The van der Waals surface area contributed by atoms with Crippen molar-refractivity contribution in [3.05, 3.63) is 46.5 Å². The zero-order valence-corrected chi connectivity index (χ0v) is 15.2. The van der Waals surface area contributed by atoms with E-state index in [1.54, 1.807) is 6.07 Å². The maximum absolute atomic E-state index is 14.5. The smallest absolute Gasteiger partial charge is 0.308 e. The maximum atomic E-state index is 14.5. The molecular weight excluding hydrogens is 349 g/mol. The van der Waals surface area contributed by atoms with Crippen LogP contribution in [0.1, 0.15) is 53.0 Å². The highest BCUT2D eigenvalue weighted by atomic mass is 19.1. The number of carboxylic acid groups (broad SMARTS) is 1. The number of carbonyl (C=O) groups excluding carboxylic acids is 1. The molecular formula is C20H22FN3O3. The molecule has 6 nitrogen and oxygen atoms in total. The number of hydrogen-bond donors (Lipinski definition) is 2. The Kier molecular flexibility index (Phi) is 4.45. The summed E-state index contributed by atoms with van der Waals surface area (Å²) in [5.74, 6) is -2.17. The summed E-state index contributed by atoms with van der Waals surface area (Å²) in [6.45, 7) is 1.82. The van der Waals surface area contributed by atoms with E-state index in [0.717, 1.165) is 42.5 Å². The molecule has 0 radical (unpaired) electrons. The van der Waals surface area contributed by atoms with E-state index < -0.39 is 11.9 Å². The number of hydrogen-bond acceptors (Lipinski definition) is 3.